The van der Waals surface area contributed by atoms with Gasteiger partial charge in [0.1, 0.15) is 5.82 Å². The molecule has 1 unspecified atom stereocenters. The Morgan fingerprint density at radius 1 is 1.50 bits per heavy atom. The molecule has 1 aliphatic heterocycles. The van der Waals surface area contributed by atoms with Crippen molar-refractivity contribution in [3.63, 3.8) is 0 Å². The lowest BCUT2D eigenvalue weighted by atomic mass is 10.1. The summed E-state index contributed by atoms with van der Waals surface area (Å²) in [5, 5.41) is 0. The number of hydrogen-bond acceptors (Lipinski definition) is 4. The Balaban J connectivity index is 2.32. The molecule has 18 heavy (non-hydrogen) atoms. The standard InChI is InChI=1S/C12H17FN2O2S/c1-15(10-5-6-18(16,17)8-10)12-9(7-14)3-2-4-11(12)13/h2-4,10H,5-8,14H2,1H3. The zero-order valence-electron chi connectivity index (χ0n) is 10.3. The summed E-state index contributed by atoms with van der Waals surface area (Å²) in [6.07, 6.45) is 0.539. The number of anilines is 1. The highest BCUT2D eigenvalue weighted by Crippen LogP contribution is 2.28. The van der Waals surface area contributed by atoms with Gasteiger partial charge in [0, 0.05) is 19.6 Å². The van der Waals surface area contributed by atoms with Crippen molar-refractivity contribution in [2.45, 2.75) is 19.0 Å². The molecule has 2 N–H and O–H groups in total. The monoisotopic (exact) mass is 272 g/mol. The van der Waals surface area contributed by atoms with Gasteiger partial charge in [-0.05, 0) is 18.1 Å². The number of halogens is 1. The van der Waals surface area contributed by atoms with E-state index in [0.717, 1.165) is 0 Å². The number of nitrogens with zero attached hydrogens (tertiary/aromatic N) is 1. The van der Waals surface area contributed by atoms with Gasteiger partial charge in [-0.25, -0.2) is 12.8 Å². The smallest absolute Gasteiger partial charge is 0.152 e. The molecule has 2 rings (SSSR count). The summed E-state index contributed by atoms with van der Waals surface area (Å²) in [4.78, 5) is 1.71. The van der Waals surface area contributed by atoms with Crippen LogP contribution in [-0.4, -0.2) is 33.0 Å². The molecule has 1 aliphatic rings. The van der Waals surface area contributed by atoms with Gasteiger partial charge in [-0.1, -0.05) is 12.1 Å². The van der Waals surface area contributed by atoms with Crippen molar-refractivity contribution in [1.82, 2.24) is 0 Å². The maximum Gasteiger partial charge on any atom is 0.152 e. The number of rotatable bonds is 3. The summed E-state index contributed by atoms with van der Waals surface area (Å²) in [6, 6.07) is 4.57. The fraction of sp³-hybridized carbons (Fsp3) is 0.500. The van der Waals surface area contributed by atoms with Crippen LogP contribution in [0.25, 0.3) is 0 Å². The molecule has 1 atom stereocenters. The SMILES string of the molecule is CN(c1c(F)cccc1CN)C1CCS(=O)(=O)C1. The highest BCUT2D eigenvalue weighted by molar-refractivity contribution is 7.91. The first-order valence-electron chi connectivity index (χ1n) is 5.85. The van der Waals surface area contributed by atoms with E-state index in [0.29, 0.717) is 17.7 Å². The Kier molecular flexibility index (Phi) is 3.59. The predicted octanol–water partition coefficient (Wildman–Crippen LogP) is 0.908. The molecule has 6 heteroatoms. The van der Waals surface area contributed by atoms with Crippen LogP contribution in [0.4, 0.5) is 10.1 Å². The van der Waals surface area contributed by atoms with Crippen LogP contribution in [0.15, 0.2) is 18.2 Å². The summed E-state index contributed by atoms with van der Waals surface area (Å²) in [5.74, 6) is -0.0965. The molecule has 1 heterocycles. The predicted molar refractivity (Wildman–Crippen MR) is 69.8 cm³/mol. The molecule has 1 aromatic rings. The van der Waals surface area contributed by atoms with E-state index in [-0.39, 0.29) is 29.9 Å². The van der Waals surface area contributed by atoms with Crippen molar-refractivity contribution >= 4 is 15.5 Å². The second-order valence-corrected chi connectivity index (χ2v) is 6.85. The van der Waals surface area contributed by atoms with E-state index in [2.05, 4.69) is 0 Å². The Hall–Kier alpha value is -1.14. The van der Waals surface area contributed by atoms with Crippen LogP contribution in [0.3, 0.4) is 0 Å². The molecule has 0 spiro atoms. The quantitative estimate of drug-likeness (QED) is 0.888. The van der Waals surface area contributed by atoms with E-state index in [9.17, 15) is 12.8 Å². The fourth-order valence-electron chi connectivity index (χ4n) is 2.38. The summed E-state index contributed by atoms with van der Waals surface area (Å²) < 4.78 is 36.8. The normalized spacial score (nSPS) is 22.1. The minimum Gasteiger partial charge on any atom is -0.368 e. The van der Waals surface area contributed by atoms with Gasteiger partial charge in [0.2, 0.25) is 0 Å². The van der Waals surface area contributed by atoms with Crippen molar-refractivity contribution in [2.24, 2.45) is 5.73 Å². The summed E-state index contributed by atoms with van der Waals surface area (Å²) in [5.41, 5.74) is 6.71. The van der Waals surface area contributed by atoms with Crippen molar-refractivity contribution in [3.05, 3.63) is 29.6 Å². The van der Waals surface area contributed by atoms with E-state index >= 15 is 0 Å². The minimum absolute atomic E-state index is 0.0852. The van der Waals surface area contributed by atoms with Gasteiger partial charge < -0.3 is 10.6 Å². The highest BCUT2D eigenvalue weighted by atomic mass is 32.2. The van der Waals surface area contributed by atoms with E-state index in [1.807, 2.05) is 0 Å². The average Bonchev–Trinajstić information content (AvgIpc) is 2.68. The maximum absolute atomic E-state index is 13.9. The van der Waals surface area contributed by atoms with Gasteiger partial charge in [-0.3, -0.25) is 0 Å². The second kappa shape index (κ2) is 4.85. The van der Waals surface area contributed by atoms with Gasteiger partial charge in [0.15, 0.2) is 9.84 Å². The van der Waals surface area contributed by atoms with Crippen LogP contribution in [0.2, 0.25) is 0 Å². The van der Waals surface area contributed by atoms with E-state index in [1.54, 1.807) is 24.1 Å². The van der Waals surface area contributed by atoms with Crippen molar-refractivity contribution < 1.29 is 12.8 Å². The molecule has 0 radical (unpaired) electrons. The molecule has 4 nitrogen and oxygen atoms in total. The molecule has 1 fully saturated rings. The molecule has 100 valence electrons. The first kappa shape index (κ1) is 13.3. The second-order valence-electron chi connectivity index (χ2n) is 4.62. The molecule has 0 amide bonds. The number of sulfone groups is 1. The van der Waals surface area contributed by atoms with Crippen molar-refractivity contribution in [2.75, 3.05) is 23.5 Å². The van der Waals surface area contributed by atoms with Gasteiger partial charge in [0.25, 0.3) is 0 Å². The number of benzene rings is 1. The van der Waals surface area contributed by atoms with E-state index < -0.39 is 9.84 Å². The molecular weight excluding hydrogens is 255 g/mol. The number of nitrogens with two attached hydrogens (primary N) is 1. The molecule has 0 saturated carbocycles. The molecular formula is C12H17FN2O2S. The van der Waals surface area contributed by atoms with Crippen molar-refractivity contribution in [1.29, 1.82) is 0 Å². The topological polar surface area (TPSA) is 63.4 Å². The third-order valence-electron chi connectivity index (χ3n) is 3.40. The molecule has 1 aromatic carbocycles. The van der Waals surface area contributed by atoms with Gasteiger partial charge in [-0.15, -0.1) is 0 Å². The highest BCUT2D eigenvalue weighted by Gasteiger charge is 2.32. The van der Waals surface area contributed by atoms with Crippen LogP contribution >= 0.6 is 0 Å². The molecule has 1 saturated heterocycles. The number of para-hydroxylation sites is 1. The van der Waals surface area contributed by atoms with Gasteiger partial charge in [-0.2, -0.15) is 0 Å². The Morgan fingerprint density at radius 3 is 2.78 bits per heavy atom. The largest absolute Gasteiger partial charge is 0.368 e. The fourth-order valence-corrected chi connectivity index (χ4v) is 4.16. The maximum atomic E-state index is 13.9. The van der Waals surface area contributed by atoms with E-state index in [1.165, 1.54) is 6.07 Å². The first-order valence-corrected chi connectivity index (χ1v) is 7.67. The van der Waals surface area contributed by atoms with Crippen LogP contribution in [-0.2, 0) is 16.4 Å². The minimum atomic E-state index is -2.98. The van der Waals surface area contributed by atoms with Crippen LogP contribution in [0.1, 0.15) is 12.0 Å². The number of hydrogen-bond donors (Lipinski definition) is 1. The molecule has 0 aromatic heterocycles. The van der Waals surface area contributed by atoms with Crippen LogP contribution in [0.5, 0.6) is 0 Å². The summed E-state index contributed by atoms with van der Waals surface area (Å²) in [7, 11) is -1.25. The van der Waals surface area contributed by atoms with Gasteiger partial charge >= 0.3 is 0 Å². The van der Waals surface area contributed by atoms with Crippen LogP contribution in [0, 0.1) is 5.82 Å². The lowest BCUT2D eigenvalue weighted by Gasteiger charge is -2.28. The van der Waals surface area contributed by atoms with Crippen molar-refractivity contribution in [3.8, 4) is 0 Å². The zero-order chi connectivity index (χ0) is 13.3. The summed E-state index contributed by atoms with van der Waals surface area (Å²) >= 11 is 0. The zero-order valence-corrected chi connectivity index (χ0v) is 11.1. The Morgan fingerprint density at radius 2 is 2.22 bits per heavy atom. The first-order chi connectivity index (χ1) is 8.44. The Bertz CT molecular complexity index is 545. The lowest BCUT2D eigenvalue weighted by Crippen LogP contribution is -2.34. The third kappa shape index (κ3) is 2.49. The van der Waals surface area contributed by atoms with Gasteiger partial charge in [0.05, 0.1) is 17.2 Å². The Labute approximate surface area is 107 Å². The summed E-state index contributed by atoms with van der Waals surface area (Å²) in [6.45, 7) is 0.233. The lowest BCUT2D eigenvalue weighted by molar-refractivity contribution is 0.595. The average molecular weight is 272 g/mol. The van der Waals surface area contributed by atoms with E-state index in [4.69, 9.17) is 5.73 Å². The van der Waals surface area contributed by atoms with Crippen LogP contribution < -0.4 is 10.6 Å². The molecule has 0 aliphatic carbocycles. The molecule has 0 bridgehead atoms. The third-order valence-corrected chi connectivity index (χ3v) is 5.15.